The van der Waals surface area contributed by atoms with Gasteiger partial charge in [0.15, 0.2) is 12.4 Å². The Kier molecular flexibility index (Phi) is 6.63. The molecule has 0 N–H and O–H groups in total. The molecule has 1 amide bonds. The van der Waals surface area contributed by atoms with E-state index in [9.17, 15) is 14.4 Å². The molecular weight excluding hydrogens is 332 g/mol. The largest absolute Gasteiger partial charge is 0.452 e. The highest BCUT2D eigenvalue weighted by molar-refractivity contribution is 6.09. The lowest BCUT2D eigenvalue weighted by Crippen LogP contribution is -2.31. The number of carbonyl (C=O) groups excluding carboxylic acids is 3. The van der Waals surface area contributed by atoms with Gasteiger partial charge in [0.25, 0.3) is 5.91 Å². The number of rotatable bonds is 7. The van der Waals surface area contributed by atoms with Crippen LogP contribution in [0.5, 0.6) is 0 Å². The van der Waals surface area contributed by atoms with Crippen LogP contribution in [0.1, 0.15) is 32.7 Å². The molecule has 0 bridgehead atoms. The summed E-state index contributed by atoms with van der Waals surface area (Å²) in [5, 5.41) is 8.50. The topological polar surface area (TPSA) is 87.5 Å². The fourth-order valence-electron chi connectivity index (χ4n) is 2.18. The molecule has 0 radical (unpaired) electrons. The first-order chi connectivity index (χ1) is 12.5. The molecule has 2 rings (SSSR count). The highest BCUT2D eigenvalue weighted by Crippen LogP contribution is 2.12. The first kappa shape index (κ1) is 18.9. The quantitative estimate of drug-likeness (QED) is 0.565. The van der Waals surface area contributed by atoms with Gasteiger partial charge in [0.05, 0.1) is 18.1 Å². The Balaban J connectivity index is 1.93. The number of benzene rings is 2. The van der Waals surface area contributed by atoms with E-state index in [1.165, 1.54) is 24.1 Å². The fourth-order valence-corrected chi connectivity index (χ4v) is 2.18. The molecule has 0 spiro atoms. The number of nitrogens with zero attached hydrogens (tertiary/aromatic N) is 2. The minimum atomic E-state index is -0.647. The number of hydrogen-bond acceptors (Lipinski definition) is 5. The number of hydrogen-bond donors (Lipinski definition) is 0. The second-order valence-electron chi connectivity index (χ2n) is 5.57. The summed E-state index contributed by atoms with van der Waals surface area (Å²) in [7, 11) is 1.54. The second-order valence-corrected chi connectivity index (χ2v) is 5.57. The summed E-state index contributed by atoms with van der Waals surface area (Å²) in [4.78, 5) is 37.4. The molecule has 0 aliphatic heterocycles. The van der Waals surface area contributed by atoms with E-state index in [0.717, 1.165) is 0 Å². The van der Waals surface area contributed by atoms with E-state index in [4.69, 9.17) is 10.00 Å². The Morgan fingerprint density at radius 2 is 1.54 bits per heavy atom. The van der Waals surface area contributed by atoms with Crippen molar-refractivity contribution >= 4 is 17.7 Å². The van der Waals surface area contributed by atoms with Crippen molar-refractivity contribution in [3.05, 3.63) is 71.3 Å². The van der Waals surface area contributed by atoms with Crippen molar-refractivity contribution in [1.29, 1.82) is 5.26 Å². The molecule has 26 heavy (non-hydrogen) atoms. The predicted molar refractivity (Wildman–Crippen MR) is 94.5 cm³/mol. The van der Waals surface area contributed by atoms with Crippen molar-refractivity contribution in [3.8, 4) is 6.07 Å². The third-order valence-electron chi connectivity index (χ3n) is 3.73. The van der Waals surface area contributed by atoms with Crippen molar-refractivity contribution < 1.29 is 19.1 Å². The minimum absolute atomic E-state index is 0.139. The van der Waals surface area contributed by atoms with Crippen LogP contribution in [0, 0.1) is 11.3 Å². The Labute approximate surface area is 151 Å². The van der Waals surface area contributed by atoms with Gasteiger partial charge in [0.2, 0.25) is 0 Å². The molecule has 132 valence electrons. The van der Waals surface area contributed by atoms with E-state index < -0.39 is 12.6 Å². The third kappa shape index (κ3) is 5.02. The summed E-state index contributed by atoms with van der Waals surface area (Å²) in [5.74, 6) is -1.17. The zero-order valence-corrected chi connectivity index (χ0v) is 14.3. The van der Waals surface area contributed by atoms with Crippen molar-refractivity contribution in [2.75, 3.05) is 20.2 Å². The van der Waals surface area contributed by atoms with Gasteiger partial charge in [0.1, 0.15) is 0 Å². The van der Waals surface area contributed by atoms with Crippen LogP contribution in [-0.4, -0.2) is 42.8 Å². The molecule has 0 atom stereocenters. The number of amides is 1. The standard InChI is InChI=1S/C20H18N2O4/c1-22(13-5-12-21)18(23)14-26-20(25)17-10-8-16(9-11-17)19(24)15-6-3-2-4-7-15/h2-4,6-11H,5,13-14H2,1H3. The molecule has 0 fully saturated rings. The molecular formula is C20H18N2O4. The normalized spacial score (nSPS) is 9.85. The van der Waals surface area contributed by atoms with Gasteiger partial charge in [-0.2, -0.15) is 5.26 Å². The zero-order chi connectivity index (χ0) is 18.9. The van der Waals surface area contributed by atoms with Crippen LogP contribution in [0.3, 0.4) is 0 Å². The minimum Gasteiger partial charge on any atom is -0.452 e. The maximum Gasteiger partial charge on any atom is 0.338 e. The highest BCUT2D eigenvalue weighted by Gasteiger charge is 2.14. The Morgan fingerprint density at radius 3 is 2.15 bits per heavy atom. The van der Waals surface area contributed by atoms with Crippen LogP contribution < -0.4 is 0 Å². The average Bonchev–Trinajstić information content (AvgIpc) is 2.70. The molecule has 0 heterocycles. The van der Waals surface area contributed by atoms with E-state index in [1.807, 2.05) is 12.1 Å². The summed E-state index contributed by atoms with van der Waals surface area (Å²) in [6.45, 7) is -0.116. The first-order valence-corrected chi connectivity index (χ1v) is 8.00. The lowest BCUT2D eigenvalue weighted by atomic mass is 10.0. The summed E-state index contributed by atoms with van der Waals surface area (Å²) >= 11 is 0. The number of esters is 1. The van der Waals surface area contributed by atoms with Crippen LogP contribution in [0.2, 0.25) is 0 Å². The van der Waals surface area contributed by atoms with E-state index in [2.05, 4.69) is 0 Å². The van der Waals surface area contributed by atoms with Gasteiger partial charge < -0.3 is 9.64 Å². The average molecular weight is 350 g/mol. The molecule has 0 saturated heterocycles. The molecule has 2 aromatic rings. The number of ether oxygens (including phenoxy) is 1. The highest BCUT2D eigenvalue weighted by atomic mass is 16.5. The van der Waals surface area contributed by atoms with Crippen LogP contribution in [0.15, 0.2) is 54.6 Å². The first-order valence-electron chi connectivity index (χ1n) is 8.00. The van der Waals surface area contributed by atoms with Crippen molar-refractivity contribution in [3.63, 3.8) is 0 Å². The number of likely N-dealkylation sites (N-methyl/N-ethyl adjacent to an activating group) is 1. The lowest BCUT2D eigenvalue weighted by Gasteiger charge is -2.15. The van der Waals surface area contributed by atoms with Crippen molar-refractivity contribution in [2.45, 2.75) is 6.42 Å². The summed E-state index contributed by atoms with van der Waals surface area (Å²) in [5.41, 5.74) is 1.27. The van der Waals surface area contributed by atoms with Gasteiger partial charge >= 0.3 is 5.97 Å². The van der Waals surface area contributed by atoms with Crippen LogP contribution in [0.25, 0.3) is 0 Å². The maximum atomic E-state index is 12.3. The van der Waals surface area contributed by atoms with Gasteiger partial charge in [-0.25, -0.2) is 4.79 Å². The predicted octanol–water partition coefficient (Wildman–Crippen LogP) is 2.45. The van der Waals surface area contributed by atoms with Crippen molar-refractivity contribution in [2.24, 2.45) is 0 Å². The van der Waals surface area contributed by atoms with Crippen LogP contribution in [0.4, 0.5) is 0 Å². The molecule has 0 aliphatic rings. The molecule has 6 nitrogen and oxygen atoms in total. The number of carbonyl (C=O) groups is 3. The molecule has 6 heteroatoms. The number of nitriles is 1. The van der Waals surface area contributed by atoms with Gasteiger partial charge in [-0.1, -0.05) is 42.5 Å². The molecule has 0 unspecified atom stereocenters. The molecule has 0 saturated carbocycles. The van der Waals surface area contributed by atoms with E-state index in [0.29, 0.717) is 11.1 Å². The lowest BCUT2D eigenvalue weighted by molar-refractivity contribution is -0.133. The Bertz CT molecular complexity index is 823. The summed E-state index contributed by atoms with van der Waals surface area (Å²) < 4.78 is 4.98. The smallest absolute Gasteiger partial charge is 0.338 e. The van der Waals surface area contributed by atoms with Crippen LogP contribution in [-0.2, 0) is 9.53 Å². The summed E-state index contributed by atoms with van der Waals surface area (Å²) in [6.07, 6.45) is 0.215. The van der Waals surface area contributed by atoms with Crippen molar-refractivity contribution in [1.82, 2.24) is 4.90 Å². The number of ketones is 1. The van der Waals surface area contributed by atoms with Gasteiger partial charge in [0, 0.05) is 24.7 Å². The monoisotopic (exact) mass is 350 g/mol. The van der Waals surface area contributed by atoms with Gasteiger partial charge in [-0.05, 0) is 12.1 Å². The zero-order valence-electron chi connectivity index (χ0n) is 14.3. The van der Waals surface area contributed by atoms with Crippen LogP contribution >= 0.6 is 0 Å². The second kappa shape index (κ2) is 9.14. The molecule has 0 aromatic heterocycles. The Hall–Kier alpha value is -3.46. The molecule has 0 aliphatic carbocycles. The molecule has 2 aromatic carbocycles. The summed E-state index contributed by atoms with van der Waals surface area (Å²) in [6, 6.07) is 16.8. The van der Waals surface area contributed by atoms with E-state index in [1.54, 1.807) is 36.4 Å². The third-order valence-corrected chi connectivity index (χ3v) is 3.73. The van der Waals surface area contributed by atoms with E-state index >= 15 is 0 Å². The fraction of sp³-hybridized carbons (Fsp3) is 0.200. The maximum absolute atomic E-state index is 12.3. The Morgan fingerprint density at radius 1 is 0.962 bits per heavy atom. The SMILES string of the molecule is CN(CCC#N)C(=O)COC(=O)c1ccc(C(=O)c2ccccc2)cc1. The van der Waals surface area contributed by atoms with Gasteiger partial charge in [-0.3, -0.25) is 9.59 Å². The van der Waals surface area contributed by atoms with Gasteiger partial charge in [-0.15, -0.1) is 0 Å². The van der Waals surface area contributed by atoms with E-state index in [-0.39, 0.29) is 30.2 Å².